The lowest BCUT2D eigenvalue weighted by Gasteiger charge is -2.42. The lowest BCUT2D eigenvalue weighted by Crippen LogP contribution is -2.52. The number of likely N-dealkylation sites (tertiary alicyclic amines) is 1. The molecule has 5 nitrogen and oxygen atoms in total. The van der Waals surface area contributed by atoms with Crippen LogP contribution in [-0.2, 0) is 10.3 Å². The third-order valence-corrected chi connectivity index (χ3v) is 5.73. The van der Waals surface area contributed by atoms with Gasteiger partial charge in [-0.25, -0.2) is 9.18 Å². The van der Waals surface area contributed by atoms with Crippen LogP contribution in [0.2, 0.25) is 0 Å². The van der Waals surface area contributed by atoms with E-state index in [0.29, 0.717) is 18.7 Å². The molecule has 140 valence electrons. The van der Waals surface area contributed by atoms with Crippen LogP contribution in [0.15, 0.2) is 53.1 Å². The van der Waals surface area contributed by atoms with Gasteiger partial charge in [0.15, 0.2) is 5.58 Å². The van der Waals surface area contributed by atoms with E-state index in [4.69, 9.17) is 4.52 Å². The maximum Gasteiger partial charge on any atom is 0.328 e. The van der Waals surface area contributed by atoms with Crippen LogP contribution >= 0.6 is 0 Å². The number of hydrogen-bond acceptors (Lipinski definition) is 4. The highest BCUT2D eigenvalue weighted by Gasteiger charge is 2.43. The molecule has 3 aromatic rings. The molecule has 1 aliphatic heterocycles. The van der Waals surface area contributed by atoms with Crippen molar-refractivity contribution in [3.05, 3.63) is 65.6 Å². The van der Waals surface area contributed by atoms with E-state index in [1.807, 2.05) is 35.2 Å². The van der Waals surface area contributed by atoms with Crippen molar-refractivity contribution in [3.63, 3.8) is 0 Å². The van der Waals surface area contributed by atoms with Gasteiger partial charge in [0, 0.05) is 30.5 Å². The minimum Gasteiger partial charge on any atom is -0.480 e. The summed E-state index contributed by atoms with van der Waals surface area (Å²) >= 11 is 0. The van der Waals surface area contributed by atoms with Crippen molar-refractivity contribution in [1.82, 2.24) is 10.1 Å². The van der Waals surface area contributed by atoms with E-state index in [2.05, 4.69) is 5.16 Å². The van der Waals surface area contributed by atoms with Crippen LogP contribution in [0, 0.1) is 5.82 Å². The summed E-state index contributed by atoms with van der Waals surface area (Å²) in [5.74, 6) is -1.03. The molecule has 1 atom stereocenters. The summed E-state index contributed by atoms with van der Waals surface area (Å²) in [4.78, 5) is 14.2. The molecule has 0 aliphatic carbocycles. The highest BCUT2D eigenvalue weighted by Crippen LogP contribution is 2.37. The Bertz CT molecular complexity index is 964. The monoisotopic (exact) mass is 368 g/mol. The van der Waals surface area contributed by atoms with E-state index in [-0.39, 0.29) is 11.7 Å². The molecular weight excluding hydrogens is 347 g/mol. The Kier molecular flexibility index (Phi) is 4.44. The number of carbonyl (C=O) groups is 1. The molecule has 1 fully saturated rings. The summed E-state index contributed by atoms with van der Waals surface area (Å²) < 4.78 is 18.6. The van der Waals surface area contributed by atoms with Crippen LogP contribution in [0.5, 0.6) is 0 Å². The smallest absolute Gasteiger partial charge is 0.328 e. The van der Waals surface area contributed by atoms with E-state index in [1.54, 1.807) is 13.0 Å². The molecule has 0 radical (unpaired) electrons. The maximum atomic E-state index is 13.4. The van der Waals surface area contributed by atoms with E-state index >= 15 is 0 Å². The first-order valence-corrected chi connectivity index (χ1v) is 9.09. The summed E-state index contributed by atoms with van der Waals surface area (Å²) in [6, 6.07) is 13.8. The second-order valence-corrected chi connectivity index (χ2v) is 7.21. The molecular formula is C21H21FN2O3. The van der Waals surface area contributed by atoms with E-state index < -0.39 is 11.5 Å². The second kappa shape index (κ2) is 6.78. The Morgan fingerprint density at radius 1 is 1.22 bits per heavy atom. The lowest BCUT2D eigenvalue weighted by atomic mass is 9.85. The van der Waals surface area contributed by atoms with Crippen molar-refractivity contribution < 1.29 is 18.8 Å². The van der Waals surface area contributed by atoms with Gasteiger partial charge in [0.05, 0.1) is 5.69 Å². The number of benzene rings is 2. The van der Waals surface area contributed by atoms with Crippen LogP contribution in [0.25, 0.3) is 11.0 Å². The molecule has 0 spiro atoms. The summed E-state index contributed by atoms with van der Waals surface area (Å²) in [7, 11) is 0. The maximum absolute atomic E-state index is 13.4. The van der Waals surface area contributed by atoms with Crippen LogP contribution in [0.1, 0.15) is 36.9 Å². The number of halogens is 1. The summed E-state index contributed by atoms with van der Waals surface area (Å²) in [5, 5.41) is 14.9. The number of fused-ring (bicyclic) bond motifs is 1. The fourth-order valence-electron chi connectivity index (χ4n) is 4.03. The molecule has 1 saturated heterocycles. The van der Waals surface area contributed by atoms with Gasteiger partial charge in [0.1, 0.15) is 11.4 Å². The van der Waals surface area contributed by atoms with Crippen LogP contribution in [0.3, 0.4) is 0 Å². The normalized spacial score (nSPS) is 18.4. The fourth-order valence-corrected chi connectivity index (χ4v) is 4.03. The molecule has 1 N–H and O–H groups in total. The molecule has 6 heteroatoms. The zero-order valence-corrected chi connectivity index (χ0v) is 15.1. The predicted molar refractivity (Wildman–Crippen MR) is 98.9 cm³/mol. The Balaban J connectivity index is 1.56. The lowest BCUT2D eigenvalue weighted by molar-refractivity contribution is -0.152. The summed E-state index contributed by atoms with van der Waals surface area (Å²) in [5.41, 5.74) is 0.994. The van der Waals surface area contributed by atoms with Crippen molar-refractivity contribution in [2.75, 3.05) is 13.1 Å². The number of carboxylic acids is 1. The molecule has 1 aromatic heterocycles. The number of rotatable bonds is 4. The van der Waals surface area contributed by atoms with Crippen LogP contribution < -0.4 is 0 Å². The zero-order valence-electron chi connectivity index (χ0n) is 15.1. The molecule has 2 heterocycles. The molecule has 0 bridgehead atoms. The van der Waals surface area contributed by atoms with Crippen molar-refractivity contribution in [3.8, 4) is 0 Å². The van der Waals surface area contributed by atoms with Gasteiger partial charge in [-0.1, -0.05) is 35.5 Å². The van der Waals surface area contributed by atoms with Gasteiger partial charge in [0.25, 0.3) is 0 Å². The number of hydrogen-bond donors (Lipinski definition) is 1. The topological polar surface area (TPSA) is 66.6 Å². The second-order valence-electron chi connectivity index (χ2n) is 7.21. The van der Waals surface area contributed by atoms with Crippen molar-refractivity contribution in [2.24, 2.45) is 0 Å². The minimum absolute atomic E-state index is 0.168. The van der Waals surface area contributed by atoms with Gasteiger partial charge >= 0.3 is 5.97 Å². The Morgan fingerprint density at radius 3 is 2.59 bits per heavy atom. The number of aliphatic carboxylic acids is 1. The number of piperidine rings is 1. The third kappa shape index (κ3) is 3.00. The molecule has 4 rings (SSSR count). The minimum atomic E-state index is -1.07. The number of carboxylic acid groups (broad SMARTS) is 1. The molecule has 2 aromatic carbocycles. The molecule has 27 heavy (non-hydrogen) atoms. The molecule has 0 saturated carbocycles. The average Bonchev–Trinajstić information content (AvgIpc) is 3.11. The van der Waals surface area contributed by atoms with Crippen molar-refractivity contribution in [2.45, 2.75) is 31.2 Å². The standard InChI is InChI=1S/C21H21FN2O3/c1-21(20(25)26,15-5-3-2-4-6-15)24-11-9-14(10-12-24)19-17-8-7-16(22)13-18(17)27-23-19/h2-8,13-14H,9-12H2,1H3,(H,25,26). The van der Waals surface area contributed by atoms with Crippen molar-refractivity contribution >= 4 is 16.9 Å². The van der Waals surface area contributed by atoms with Crippen molar-refractivity contribution in [1.29, 1.82) is 0 Å². The van der Waals surface area contributed by atoms with Gasteiger partial charge in [-0.3, -0.25) is 4.90 Å². The first-order chi connectivity index (χ1) is 13.0. The Labute approximate surface area is 156 Å². The summed E-state index contributed by atoms with van der Waals surface area (Å²) in [6.45, 7) is 3.04. The highest BCUT2D eigenvalue weighted by molar-refractivity contribution is 5.81. The van der Waals surface area contributed by atoms with Gasteiger partial charge in [-0.05, 0) is 37.5 Å². The quantitative estimate of drug-likeness (QED) is 0.749. The Morgan fingerprint density at radius 2 is 1.93 bits per heavy atom. The largest absolute Gasteiger partial charge is 0.480 e. The highest BCUT2D eigenvalue weighted by atomic mass is 19.1. The first-order valence-electron chi connectivity index (χ1n) is 9.09. The van der Waals surface area contributed by atoms with E-state index in [0.717, 1.165) is 29.5 Å². The Hall–Kier alpha value is -2.73. The zero-order chi connectivity index (χ0) is 19.0. The number of aromatic nitrogens is 1. The average molecular weight is 368 g/mol. The molecule has 0 amide bonds. The van der Waals surface area contributed by atoms with Crippen LogP contribution in [-0.4, -0.2) is 34.2 Å². The predicted octanol–water partition coefficient (Wildman–Crippen LogP) is 4.15. The van der Waals surface area contributed by atoms with Gasteiger partial charge in [-0.2, -0.15) is 0 Å². The van der Waals surface area contributed by atoms with Gasteiger partial charge in [0.2, 0.25) is 0 Å². The number of nitrogens with zero attached hydrogens (tertiary/aromatic N) is 2. The molecule has 1 unspecified atom stereocenters. The van der Waals surface area contributed by atoms with Gasteiger partial charge in [-0.15, -0.1) is 0 Å². The SMILES string of the molecule is CC(C(=O)O)(c1ccccc1)N1CCC(c2noc3cc(F)ccc23)CC1. The summed E-state index contributed by atoms with van der Waals surface area (Å²) in [6.07, 6.45) is 1.55. The van der Waals surface area contributed by atoms with Gasteiger partial charge < -0.3 is 9.63 Å². The van der Waals surface area contributed by atoms with E-state index in [9.17, 15) is 14.3 Å². The fraction of sp³-hybridized carbons (Fsp3) is 0.333. The van der Waals surface area contributed by atoms with Crippen LogP contribution in [0.4, 0.5) is 4.39 Å². The first kappa shape index (κ1) is 17.7. The van der Waals surface area contributed by atoms with E-state index in [1.165, 1.54) is 12.1 Å². The third-order valence-electron chi connectivity index (χ3n) is 5.73. The molecule has 1 aliphatic rings.